The standard InChI is InChI=1S/C16H12N4.C14H12N4O2.C12H11N3O2.C12H7N3O2.C8H5N3O4.C6H8N2O.6H2O/c1-3-20(4-2)16-11-9-15(10-12-16)19-18-14-7-5-13(17)6-8-14;15-5-3-6-10(9(18)4-5)14(20)12-8(17)2-1-7(16)11(12)13(6)19;13-9-6-7-11(12(8-9)15(16)17)14-10-4-2-1-3-5-10;1-4-13-11-8-7-10(14(5-2)6-3)9-12(11)15(16)17;1-2-9-7-4-3-6(10(12)13)5-8(7)11(14)15;7-4-1-2-6(9)5(8)3-4;;;;;;/h1-2,5-12H,17H2;1-4H,15-18H2;1-8,14H,13H2;1-3,7-9,13H;1,3-5,9H;1-3,9H,7-8H2;6*1H2. The summed E-state index contributed by atoms with van der Waals surface area (Å²) in [6.07, 6.45) is 30.8. The van der Waals surface area contributed by atoms with Gasteiger partial charge in [0.2, 0.25) is 0 Å². The fourth-order valence-electron chi connectivity index (χ4n) is 8.22. The van der Waals surface area contributed by atoms with Gasteiger partial charge in [0.05, 0.1) is 70.9 Å². The van der Waals surface area contributed by atoms with E-state index in [2.05, 4.69) is 56.4 Å². The molecule has 36 nitrogen and oxygen atoms in total. The number of non-ortho nitro benzene ring substituents is 1. The molecule has 0 amide bonds. The first-order valence-corrected chi connectivity index (χ1v) is 27.3. The quantitative estimate of drug-likeness (QED) is 0.00963. The van der Waals surface area contributed by atoms with Crippen molar-refractivity contribution < 1.29 is 67.2 Å². The van der Waals surface area contributed by atoms with Crippen LogP contribution in [-0.4, -0.2) is 69.2 Å². The second kappa shape index (κ2) is 42.4. The van der Waals surface area contributed by atoms with E-state index in [9.17, 15) is 50.0 Å². The number of nitro benzene ring substituents is 4. The number of rotatable bonds is 12. The number of aromatic hydroxyl groups is 1. The molecule has 0 fully saturated rings. The number of ketones is 2. The molecule has 0 aromatic heterocycles. The minimum atomic E-state index is -0.743. The third-order valence-corrected chi connectivity index (χ3v) is 12.7. The van der Waals surface area contributed by atoms with Gasteiger partial charge in [-0.05, 0) is 133 Å². The predicted octanol–water partition coefficient (Wildman–Crippen LogP) is 6.08. The largest absolute Gasteiger partial charge is 0.506 e. The molecule has 10 rings (SSSR count). The first-order chi connectivity index (χ1) is 46.7. The number of phenolic OH excluding ortho intramolecular Hbond substituents is 1. The maximum atomic E-state index is 12.6. The molecule has 0 spiro atoms. The van der Waals surface area contributed by atoms with Gasteiger partial charge < -0.3 is 99.8 Å². The summed E-state index contributed by atoms with van der Waals surface area (Å²) in [6, 6.07) is 59.2. The van der Waals surface area contributed by atoms with Crippen molar-refractivity contribution in [2.45, 2.75) is 0 Å². The van der Waals surface area contributed by atoms with Crippen LogP contribution in [0.1, 0.15) is 31.8 Å². The van der Waals surface area contributed by atoms with Gasteiger partial charge in [-0.15, -0.1) is 0 Å². The van der Waals surface area contributed by atoms with Gasteiger partial charge in [-0.3, -0.25) is 50.0 Å². The number of terminal acetylenes is 6. The van der Waals surface area contributed by atoms with Crippen LogP contribution in [0.3, 0.4) is 0 Å². The van der Waals surface area contributed by atoms with Gasteiger partial charge in [-0.25, -0.2) is 9.80 Å². The van der Waals surface area contributed by atoms with Crippen molar-refractivity contribution in [3.8, 4) is 80.6 Å². The van der Waals surface area contributed by atoms with Crippen LogP contribution in [0.5, 0.6) is 5.75 Å². The summed E-state index contributed by atoms with van der Waals surface area (Å²) < 4.78 is 0. The summed E-state index contributed by atoms with van der Waals surface area (Å²) in [5.74, 6) is -0.723. The number of hydrogen-bond acceptors (Lipinski definition) is 26. The van der Waals surface area contributed by atoms with Crippen LogP contribution < -0.4 is 71.6 Å². The van der Waals surface area contributed by atoms with Crippen LogP contribution in [0, 0.1) is 115 Å². The molecule has 0 aliphatic heterocycles. The molecule has 1 aliphatic carbocycles. The first kappa shape index (κ1) is 89.9. The number of phenols is 1. The highest BCUT2D eigenvalue weighted by Gasteiger charge is 2.35. The fourth-order valence-corrected chi connectivity index (χ4v) is 8.22. The highest BCUT2D eigenvalue weighted by molar-refractivity contribution is 6.33. The number of anilines is 14. The molecule has 0 radical (unpaired) electrons. The van der Waals surface area contributed by atoms with E-state index < -0.39 is 36.9 Å². The fraction of sp³-hybridized carbons (Fsp3) is 0. The molecule has 0 heterocycles. The molecule has 104 heavy (non-hydrogen) atoms. The Morgan fingerprint density at radius 2 is 0.808 bits per heavy atom. The zero-order chi connectivity index (χ0) is 72.3. The number of carbonyl (C=O) groups is 2. The van der Waals surface area contributed by atoms with Gasteiger partial charge in [0.1, 0.15) is 22.8 Å². The third-order valence-electron chi connectivity index (χ3n) is 12.7. The number of para-hydroxylation sites is 1. The van der Waals surface area contributed by atoms with Gasteiger partial charge in [-0.1, -0.05) is 56.7 Å². The molecular weight excluding hydrogens is 1350 g/mol. The van der Waals surface area contributed by atoms with Crippen LogP contribution in [0.4, 0.5) is 114 Å². The smallest absolute Gasteiger partial charge is 0.300 e. The molecule has 9 aromatic rings. The van der Waals surface area contributed by atoms with E-state index in [1.54, 1.807) is 66.7 Å². The Kier molecular flexibility index (Phi) is 36.7. The molecule has 536 valence electrons. The first-order valence-electron chi connectivity index (χ1n) is 27.3. The van der Waals surface area contributed by atoms with E-state index >= 15 is 0 Å². The Morgan fingerprint density at radius 3 is 1.28 bits per heavy atom. The summed E-state index contributed by atoms with van der Waals surface area (Å²) in [5.41, 5.74) is 51.2. The third kappa shape index (κ3) is 24.2. The predicted molar refractivity (Wildman–Crippen MR) is 403 cm³/mol. The van der Waals surface area contributed by atoms with Crippen LogP contribution in [0.2, 0.25) is 0 Å². The van der Waals surface area contributed by atoms with Crippen molar-refractivity contribution in [1.82, 2.24) is 0 Å². The van der Waals surface area contributed by atoms with Crippen molar-refractivity contribution in [3.63, 3.8) is 0 Å². The summed E-state index contributed by atoms with van der Waals surface area (Å²) in [7, 11) is 0. The van der Waals surface area contributed by atoms with Crippen molar-refractivity contribution in [1.29, 1.82) is 0 Å². The number of fused-ring (bicyclic) bond motifs is 2. The lowest BCUT2D eigenvalue weighted by atomic mass is 9.81. The van der Waals surface area contributed by atoms with Crippen LogP contribution >= 0.6 is 0 Å². The van der Waals surface area contributed by atoms with Gasteiger partial charge in [0.25, 0.3) is 22.7 Å². The minimum Gasteiger partial charge on any atom is -0.506 e. The molecule has 1 aliphatic rings. The molecular formula is C68H67N19O17. The number of nitro groups is 4. The van der Waals surface area contributed by atoms with E-state index in [-0.39, 0.29) is 106 Å². The number of carbonyl (C=O) groups excluding carboxylic acids is 2. The van der Waals surface area contributed by atoms with Crippen molar-refractivity contribution >= 4 is 125 Å². The van der Waals surface area contributed by atoms with E-state index in [0.29, 0.717) is 45.5 Å². The lowest BCUT2D eigenvalue weighted by molar-refractivity contribution is -0.393. The van der Waals surface area contributed by atoms with Crippen molar-refractivity contribution in [2.24, 2.45) is 10.2 Å². The molecule has 32 N–H and O–H groups in total. The van der Waals surface area contributed by atoms with Crippen molar-refractivity contribution in [2.75, 3.05) is 71.6 Å². The number of nitrogens with zero attached hydrogens (tertiary/aromatic N) is 8. The Balaban J connectivity index is 0. The average Bonchev–Trinajstić information content (AvgIpc) is 0.737. The Labute approximate surface area is 591 Å². The Hall–Kier alpha value is -16.2. The van der Waals surface area contributed by atoms with Crippen LogP contribution in [0.15, 0.2) is 186 Å². The summed E-state index contributed by atoms with van der Waals surface area (Å²) in [6.45, 7) is 0. The second-order valence-electron chi connectivity index (χ2n) is 19.2. The molecule has 0 unspecified atom stereocenters. The number of nitrogens with two attached hydrogens (primary N) is 8. The number of hydrogen-bond donors (Lipinski definition) is 12. The SMILES string of the molecule is C#CN(C#C)c1ccc(N=Nc2ccc(N)cc2)cc1.C#CNc1ccc(N(C#C)C#C)cc1[N+](=O)[O-].C#CNc1ccc([N+](=O)[O-])cc1[N+](=O)[O-].Nc1cc(N)c2c(c1)C(=O)c1c(N)ccc(N)c1C2=O.Nc1ccc(Nc2ccccc2)c([N+](=O)[O-])c1.Nc1ccc(O)c(N)c1.O.O.O.O.O.O. The number of azo groups is 1. The zero-order valence-corrected chi connectivity index (χ0v) is 53.9. The highest BCUT2D eigenvalue weighted by Crippen LogP contribution is 2.38. The maximum Gasteiger partial charge on any atom is 0.300 e. The summed E-state index contributed by atoms with van der Waals surface area (Å²) in [5, 5.41) is 67.4. The van der Waals surface area contributed by atoms with E-state index in [4.69, 9.17) is 89.5 Å². The molecule has 0 bridgehead atoms. The molecule has 0 atom stereocenters. The normalized spacial score (nSPS) is 9.48. The zero-order valence-electron chi connectivity index (χ0n) is 53.9. The van der Waals surface area contributed by atoms with Crippen LogP contribution in [0.25, 0.3) is 0 Å². The van der Waals surface area contributed by atoms with Gasteiger partial charge >= 0.3 is 0 Å². The molecule has 9 aromatic carbocycles. The highest BCUT2D eigenvalue weighted by atomic mass is 16.6. The van der Waals surface area contributed by atoms with Gasteiger partial charge in [0.15, 0.2) is 11.6 Å². The lowest BCUT2D eigenvalue weighted by Crippen LogP contribution is -2.25. The average molecular weight is 1420 g/mol. The molecule has 36 heteroatoms. The lowest BCUT2D eigenvalue weighted by Gasteiger charge is -2.21. The number of nitrogen functional groups attached to an aromatic ring is 8. The van der Waals surface area contributed by atoms with Gasteiger partial charge in [-0.2, -0.15) is 10.2 Å². The van der Waals surface area contributed by atoms with E-state index in [1.165, 1.54) is 71.6 Å². The second-order valence-corrected chi connectivity index (χ2v) is 19.2. The van der Waals surface area contributed by atoms with E-state index in [0.717, 1.165) is 34.1 Å². The number of nitrogens with one attached hydrogen (secondary N) is 3. The molecule has 0 saturated carbocycles. The van der Waals surface area contributed by atoms with E-state index in [1.807, 2.05) is 36.4 Å². The maximum absolute atomic E-state index is 12.6. The number of benzene rings is 9. The Morgan fingerprint density at radius 1 is 0.394 bits per heavy atom. The minimum absolute atomic E-state index is 0. The van der Waals surface area contributed by atoms with Crippen LogP contribution in [-0.2, 0) is 0 Å². The summed E-state index contributed by atoms with van der Waals surface area (Å²) in [4.78, 5) is 67.6. The monoisotopic (exact) mass is 1420 g/mol. The summed E-state index contributed by atoms with van der Waals surface area (Å²) >= 11 is 0. The van der Waals surface area contributed by atoms with Gasteiger partial charge in [0, 0.05) is 106 Å². The Bertz CT molecular complexity index is 4800. The topological polar surface area (TPSA) is 691 Å². The molecule has 0 saturated heterocycles. The van der Waals surface area contributed by atoms with Crippen molar-refractivity contribution in [3.05, 3.63) is 239 Å².